The number of aliphatic hydroxyl groups excluding tert-OH is 1. The Balaban J connectivity index is 2.36. The van der Waals surface area contributed by atoms with Crippen LogP contribution < -0.4 is 4.90 Å². The van der Waals surface area contributed by atoms with Crippen molar-refractivity contribution in [3.63, 3.8) is 0 Å². The lowest BCUT2D eigenvalue weighted by molar-refractivity contribution is -0.101. The van der Waals surface area contributed by atoms with Crippen LogP contribution in [0.1, 0.15) is 19.4 Å². The Hall–Kier alpha value is -1.64. The SMILES string of the molecule is CC1(C)CN(c2cccc(F)c2C#N)CC(CO)O1. The molecule has 1 aromatic rings. The second-order valence-corrected chi connectivity index (χ2v) is 5.31. The van der Waals surface area contributed by atoms with Crippen molar-refractivity contribution < 1.29 is 14.2 Å². The molecule has 1 heterocycles. The largest absolute Gasteiger partial charge is 0.394 e. The van der Waals surface area contributed by atoms with Gasteiger partial charge < -0.3 is 14.7 Å². The number of hydrogen-bond acceptors (Lipinski definition) is 4. The molecule has 1 aromatic carbocycles. The van der Waals surface area contributed by atoms with Crippen LogP contribution in [0, 0.1) is 17.1 Å². The molecule has 1 fully saturated rings. The van der Waals surface area contributed by atoms with Crippen molar-refractivity contribution in [1.82, 2.24) is 0 Å². The zero-order valence-electron chi connectivity index (χ0n) is 11.1. The Morgan fingerprint density at radius 1 is 1.58 bits per heavy atom. The van der Waals surface area contributed by atoms with E-state index in [2.05, 4.69) is 0 Å². The first-order valence-corrected chi connectivity index (χ1v) is 6.19. The molecule has 0 amide bonds. The van der Waals surface area contributed by atoms with E-state index in [4.69, 9.17) is 10.00 Å². The maximum atomic E-state index is 13.6. The molecule has 19 heavy (non-hydrogen) atoms. The molecule has 2 rings (SSSR count). The van der Waals surface area contributed by atoms with E-state index in [0.29, 0.717) is 18.8 Å². The van der Waals surface area contributed by atoms with Gasteiger partial charge in [0, 0.05) is 13.1 Å². The van der Waals surface area contributed by atoms with E-state index in [1.165, 1.54) is 6.07 Å². The highest BCUT2D eigenvalue weighted by atomic mass is 19.1. The summed E-state index contributed by atoms with van der Waals surface area (Å²) in [5.74, 6) is -0.523. The Morgan fingerprint density at radius 2 is 2.32 bits per heavy atom. The summed E-state index contributed by atoms with van der Waals surface area (Å²) in [5, 5.41) is 18.4. The topological polar surface area (TPSA) is 56.5 Å². The molecule has 0 bridgehead atoms. The molecule has 102 valence electrons. The van der Waals surface area contributed by atoms with Gasteiger partial charge >= 0.3 is 0 Å². The minimum atomic E-state index is -0.523. The van der Waals surface area contributed by atoms with Crippen molar-refractivity contribution in [2.75, 3.05) is 24.6 Å². The number of benzene rings is 1. The molecule has 0 aromatic heterocycles. The van der Waals surface area contributed by atoms with Gasteiger partial charge in [-0.25, -0.2) is 4.39 Å². The molecule has 4 nitrogen and oxygen atoms in total. The van der Waals surface area contributed by atoms with Gasteiger partial charge in [-0.3, -0.25) is 0 Å². The van der Waals surface area contributed by atoms with E-state index < -0.39 is 11.4 Å². The van der Waals surface area contributed by atoms with Gasteiger partial charge in [-0.05, 0) is 26.0 Å². The van der Waals surface area contributed by atoms with E-state index in [9.17, 15) is 9.50 Å². The van der Waals surface area contributed by atoms with Gasteiger partial charge in [0.05, 0.1) is 24.0 Å². The molecule has 1 atom stereocenters. The van der Waals surface area contributed by atoms with Crippen molar-refractivity contribution >= 4 is 5.69 Å². The summed E-state index contributed by atoms with van der Waals surface area (Å²) in [4.78, 5) is 1.89. The molecule has 5 heteroatoms. The highest BCUT2D eigenvalue weighted by molar-refractivity contribution is 5.60. The number of halogens is 1. The predicted molar refractivity (Wildman–Crippen MR) is 69.4 cm³/mol. The number of aliphatic hydroxyl groups is 1. The summed E-state index contributed by atoms with van der Waals surface area (Å²) in [7, 11) is 0. The first-order chi connectivity index (χ1) is 8.96. The fourth-order valence-corrected chi connectivity index (χ4v) is 2.46. The van der Waals surface area contributed by atoms with Crippen molar-refractivity contribution in [1.29, 1.82) is 5.26 Å². The highest BCUT2D eigenvalue weighted by Crippen LogP contribution is 2.29. The lowest BCUT2D eigenvalue weighted by Gasteiger charge is -2.43. The molecule has 0 spiro atoms. The molecule has 0 radical (unpaired) electrons. The lowest BCUT2D eigenvalue weighted by atomic mass is 10.0. The van der Waals surface area contributed by atoms with Crippen LogP contribution in [-0.2, 0) is 4.74 Å². The van der Waals surface area contributed by atoms with Crippen LogP contribution >= 0.6 is 0 Å². The van der Waals surface area contributed by atoms with Crippen LogP contribution in [0.15, 0.2) is 18.2 Å². The number of nitrogens with zero attached hydrogens (tertiary/aromatic N) is 2. The third kappa shape index (κ3) is 2.86. The molecule has 0 aliphatic carbocycles. The molecule has 1 aliphatic heterocycles. The summed E-state index contributed by atoms with van der Waals surface area (Å²) >= 11 is 0. The van der Waals surface area contributed by atoms with Gasteiger partial charge in [0.15, 0.2) is 0 Å². The van der Waals surface area contributed by atoms with Crippen LogP contribution in [-0.4, -0.2) is 36.5 Å². The first-order valence-electron chi connectivity index (χ1n) is 6.19. The molecule has 1 aliphatic rings. The zero-order chi connectivity index (χ0) is 14.0. The van der Waals surface area contributed by atoms with Crippen molar-refractivity contribution in [2.24, 2.45) is 0 Å². The Kier molecular flexibility index (Phi) is 3.74. The van der Waals surface area contributed by atoms with E-state index in [1.807, 2.05) is 24.8 Å². The molecule has 1 unspecified atom stereocenters. The normalized spacial score (nSPS) is 22.1. The van der Waals surface area contributed by atoms with Crippen LogP contribution in [0.25, 0.3) is 0 Å². The number of hydrogen-bond donors (Lipinski definition) is 1. The first kappa shape index (κ1) is 13.8. The summed E-state index contributed by atoms with van der Waals surface area (Å²) in [6.45, 7) is 4.71. The maximum absolute atomic E-state index is 13.6. The lowest BCUT2D eigenvalue weighted by Crippen LogP contribution is -2.54. The standard InChI is InChI=1S/C14H17FN2O2/c1-14(2)9-17(7-10(8-18)19-14)13-5-3-4-12(15)11(13)6-16/h3-5,10,18H,7-9H2,1-2H3. The molecule has 0 saturated carbocycles. The summed E-state index contributed by atoms with van der Waals surface area (Å²) in [5.41, 5.74) is 0.138. The number of anilines is 1. The van der Waals surface area contributed by atoms with Crippen molar-refractivity contribution in [3.8, 4) is 6.07 Å². The van der Waals surface area contributed by atoms with Crippen LogP contribution in [0.2, 0.25) is 0 Å². The maximum Gasteiger partial charge on any atom is 0.143 e. The zero-order valence-corrected chi connectivity index (χ0v) is 11.1. The Morgan fingerprint density at radius 3 is 2.95 bits per heavy atom. The Labute approximate surface area is 112 Å². The van der Waals surface area contributed by atoms with Gasteiger partial charge in [-0.2, -0.15) is 5.26 Å². The van der Waals surface area contributed by atoms with Gasteiger partial charge in [0.2, 0.25) is 0 Å². The fraction of sp³-hybridized carbons (Fsp3) is 0.500. The van der Waals surface area contributed by atoms with Gasteiger partial charge in [-0.15, -0.1) is 0 Å². The van der Waals surface area contributed by atoms with Crippen molar-refractivity contribution in [3.05, 3.63) is 29.6 Å². The minimum Gasteiger partial charge on any atom is -0.394 e. The molecule has 1 saturated heterocycles. The van der Waals surface area contributed by atoms with Crippen LogP contribution in [0.5, 0.6) is 0 Å². The third-order valence-corrected chi connectivity index (χ3v) is 3.13. The number of rotatable bonds is 2. The molecular weight excluding hydrogens is 247 g/mol. The summed E-state index contributed by atoms with van der Waals surface area (Å²) in [6, 6.07) is 6.48. The van der Waals surface area contributed by atoms with Crippen LogP contribution in [0.4, 0.5) is 10.1 Å². The second-order valence-electron chi connectivity index (χ2n) is 5.31. The van der Waals surface area contributed by atoms with Gasteiger partial charge in [0.1, 0.15) is 17.4 Å². The van der Waals surface area contributed by atoms with Gasteiger partial charge in [-0.1, -0.05) is 6.07 Å². The second kappa shape index (κ2) is 5.16. The monoisotopic (exact) mass is 264 g/mol. The van der Waals surface area contributed by atoms with E-state index in [0.717, 1.165) is 0 Å². The van der Waals surface area contributed by atoms with Crippen LogP contribution in [0.3, 0.4) is 0 Å². The highest BCUT2D eigenvalue weighted by Gasteiger charge is 2.34. The summed E-state index contributed by atoms with van der Waals surface area (Å²) < 4.78 is 19.4. The van der Waals surface area contributed by atoms with E-state index in [1.54, 1.807) is 12.1 Å². The quantitative estimate of drug-likeness (QED) is 0.883. The molecule has 1 N–H and O–H groups in total. The third-order valence-electron chi connectivity index (χ3n) is 3.13. The van der Waals surface area contributed by atoms with E-state index >= 15 is 0 Å². The molecular formula is C14H17FN2O2. The number of nitriles is 1. The van der Waals surface area contributed by atoms with Crippen molar-refractivity contribution in [2.45, 2.75) is 25.6 Å². The Bertz CT molecular complexity index is 511. The smallest absolute Gasteiger partial charge is 0.143 e. The van der Waals surface area contributed by atoms with E-state index in [-0.39, 0.29) is 18.3 Å². The predicted octanol–water partition coefficient (Wildman–Crippen LogP) is 1.67. The fourth-order valence-electron chi connectivity index (χ4n) is 2.46. The number of morpholine rings is 1. The number of ether oxygens (including phenoxy) is 1. The summed E-state index contributed by atoms with van der Waals surface area (Å²) in [6.07, 6.45) is -0.335. The minimum absolute atomic E-state index is 0.0388. The average molecular weight is 264 g/mol. The van der Waals surface area contributed by atoms with Gasteiger partial charge in [0.25, 0.3) is 0 Å². The average Bonchev–Trinajstić information content (AvgIpc) is 2.36.